The van der Waals surface area contributed by atoms with E-state index < -0.39 is 5.79 Å². The largest absolute Gasteiger partial charge is 0.381 e. The highest BCUT2D eigenvalue weighted by molar-refractivity contribution is 4.37. The number of rotatable bonds is 4. The van der Waals surface area contributed by atoms with E-state index in [1.807, 2.05) is 0 Å². The minimum absolute atomic E-state index is 0.924. The molecule has 0 aliphatic rings. The van der Waals surface area contributed by atoms with Gasteiger partial charge in [-0.05, 0) is 26.7 Å². The molecule has 0 radical (unpaired) electrons. The maximum absolute atomic E-state index is 8.08. The Hall–Kier alpha value is -0.120. The number of ether oxygens (including phenoxy) is 1. The molecule has 76 valence electrons. The summed E-state index contributed by atoms with van der Waals surface area (Å²) in [5, 5.41) is 16.2. The average molecular weight is 178 g/mol. The van der Waals surface area contributed by atoms with Crippen LogP contribution in [0.25, 0.3) is 0 Å². The number of hydrogen-bond acceptors (Lipinski definition) is 3. The minimum atomic E-state index is -1.50. The molecule has 0 aromatic carbocycles. The van der Waals surface area contributed by atoms with E-state index >= 15 is 0 Å². The van der Waals surface area contributed by atoms with Crippen molar-refractivity contribution in [2.45, 2.75) is 46.3 Å². The van der Waals surface area contributed by atoms with Crippen LogP contribution in [0.1, 0.15) is 40.5 Å². The van der Waals surface area contributed by atoms with Gasteiger partial charge in [-0.3, -0.25) is 0 Å². The Bertz CT molecular complexity index is 66.3. The molecule has 0 bridgehead atoms. The van der Waals surface area contributed by atoms with Crippen LogP contribution in [-0.2, 0) is 4.74 Å². The molecule has 0 saturated carbocycles. The van der Waals surface area contributed by atoms with Gasteiger partial charge >= 0.3 is 0 Å². The van der Waals surface area contributed by atoms with Crippen molar-refractivity contribution in [3.63, 3.8) is 0 Å². The van der Waals surface area contributed by atoms with Crippen LogP contribution in [0.4, 0.5) is 0 Å². The third-order valence-electron chi connectivity index (χ3n) is 0.697. The molecule has 0 aliphatic heterocycles. The Morgan fingerprint density at radius 3 is 1.42 bits per heavy atom. The Morgan fingerprint density at radius 1 is 1.00 bits per heavy atom. The summed E-state index contributed by atoms with van der Waals surface area (Å²) < 4.78 is 5.13. The molecule has 0 rings (SSSR count). The Balaban J connectivity index is 0. The second-order valence-corrected chi connectivity index (χ2v) is 3.11. The Kier molecular flexibility index (Phi) is 10.8. The summed E-state index contributed by atoms with van der Waals surface area (Å²) in [4.78, 5) is 0. The molecule has 0 spiro atoms. The first-order valence-corrected chi connectivity index (χ1v) is 4.44. The van der Waals surface area contributed by atoms with Gasteiger partial charge in [-0.1, -0.05) is 13.8 Å². The van der Waals surface area contributed by atoms with Crippen LogP contribution in [-0.4, -0.2) is 29.2 Å². The predicted molar refractivity (Wildman–Crippen MR) is 49.9 cm³/mol. The molecule has 0 amide bonds. The lowest BCUT2D eigenvalue weighted by molar-refractivity contribution is -0.127. The highest BCUT2D eigenvalue weighted by Gasteiger charge is 2.00. The van der Waals surface area contributed by atoms with Gasteiger partial charge in [0.25, 0.3) is 0 Å². The predicted octanol–water partition coefficient (Wildman–Crippen LogP) is 1.53. The lowest BCUT2D eigenvalue weighted by atomic mass is 10.4. The van der Waals surface area contributed by atoms with Crippen LogP contribution in [0.5, 0.6) is 0 Å². The summed E-state index contributed by atoms with van der Waals surface area (Å²) >= 11 is 0. The molecule has 12 heavy (non-hydrogen) atoms. The van der Waals surface area contributed by atoms with Crippen molar-refractivity contribution in [2.75, 3.05) is 13.2 Å². The summed E-state index contributed by atoms with van der Waals surface area (Å²) in [5.74, 6) is -1.50. The summed E-state index contributed by atoms with van der Waals surface area (Å²) in [7, 11) is 0. The maximum atomic E-state index is 8.08. The van der Waals surface area contributed by atoms with Gasteiger partial charge in [0.15, 0.2) is 5.79 Å². The SMILES string of the molecule is CC(C)(O)O.CCCOCCC. The normalized spacial score (nSPS) is 10.5. The van der Waals surface area contributed by atoms with Crippen LogP contribution < -0.4 is 0 Å². The Labute approximate surface area is 75.4 Å². The molecule has 0 aromatic heterocycles. The molecule has 0 atom stereocenters. The standard InChI is InChI=1S/C6H14O.C3H8O2/c1-3-5-7-6-4-2;1-3(2,4)5/h3-6H2,1-2H3;4-5H,1-2H3. The first kappa shape index (κ1) is 14.4. The highest BCUT2D eigenvalue weighted by atomic mass is 16.5. The van der Waals surface area contributed by atoms with Gasteiger partial charge in [0.2, 0.25) is 0 Å². The summed E-state index contributed by atoms with van der Waals surface area (Å²) in [6.45, 7) is 8.69. The molecule has 0 aliphatic carbocycles. The molecule has 3 heteroatoms. The van der Waals surface area contributed by atoms with E-state index in [2.05, 4.69) is 13.8 Å². The zero-order valence-corrected chi connectivity index (χ0v) is 8.63. The van der Waals surface area contributed by atoms with Crippen molar-refractivity contribution in [3.05, 3.63) is 0 Å². The second-order valence-electron chi connectivity index (χ2n) is 3.11. The van der Waals surface area contributed by atoms with E-state index in [4.69, 9.17) is 14.9 Å². The van der Waals surface area contributed by atoms with Crippen molar-refractivity contribution in [3.8, 4) is 0 Å². The lowest BCUT2D eigenvalue weighted by Crippen LogP contribution is -2.15. The lowest BCUT2D eigenvalue weighted by Gasteiger charge is -2.03. The number of hydrogen-bond donors (Lipinski definition) is 2. The van der Waals surface area contributed by atoms with Gasteiger partial charge in [0.05, 0.1) is 0 Å². The topological polar surface area (TPSA) is 49.7 Å². The average Bonchev–Trinajstić information content (AvgIpc) is 1.85. The maximum Gasteiger partial charge on any atom is 0.156 e. The van der Waals surface area contributed by atoms with Crippen LogP contribution in [0.3, 0.4) is 0 Å². The molecule has 0 fully saturated rings. The molecule has 0 heterocycles. The van der Waals surface area contributed by atoms with E-state index in [0.29, 0.717) is 0 Å². The second kappa shape index (κ2) is 8.97. The van der Waals surface area contributed by atoms with E-state index in [9.17, 15) is 0 Å². The zero-order chi connectivity index (χ0) is 10.0. The van der Waals surface area contributed by atoms with E-state index in [1.54, 1.807) is 0 Å². The summed E-state index contributed by atoms with van der Waals surface area (Å²) in [6, 6.07) is 0. The molecule has 0 unspecified atom stereocenters. The van der Waals surface area contributed by atoms with Gasteiger partial charge in [0, 0.05) is 13.2 Å². The fraction of sp³-hybridized carbons (Fsp3) is 1.00. The molecular formula is C9H22O3. The van der Waals surface area contributed by atoms with Crippen LogP contribution >= 0.6 is 0 Å². The fourth-order valence-corrected chi connectivity index (χ4v) is 0.391. The van der Waals surface area contributed by atoms with E-state index in [0.717, 1.165) is 26.1 Å². The van der Waals surface area contributed by atoms with Crippen LogP contribution in [0.2, 0.25) is 0 Å². The smallest absolute Gasteiger partial charge is 0.156 e. The first-order valence-electron chi connectivity index (χ1n) is 4.44. The van der Waals surface area contributed by atoms with Gasteiger partial charge < -0.3 is 14.9 Å². The minimum Gasteiger partial charge on any atom is -0.381 e. The molecule has 0 aromatic rings. The van der Waals surface area contributed by atoms with Gasteiger partial charge in [0.1, 0.15) is 0 Å². The van der Waals surface area contributed by atoms with Gasteiger partial charge in [-0.25, -0.2) is 0 Å². The van der Waals surface area contributed by atoms with E-state index in [-0.39, 0.29) is 0 Å². The van der Waals surface area contributed by atoms with E-state index in [1.165, 1.54) is 13.8 Å². The zero-order valence-electron chi connectivity index (χ0n) is 8.63. The number of aliphatic hydroxyl groups is 2. The summed E-state index contributed by atoms with van der Waals surface area (Å²) in [6.07, 6.45) is 2.28. The van der Waals surface area contributed by atoms with Crippen molar-refractivity contribution in [2.24, 2.45) is 0 Å². The molecule has 0 saturated heterocycles. The third kappa shape index (κ3) is 51.8. The van der Waals surface area contributed by atoms with Crippen molar-refractivity contribution in [1.82, 2.24) is 0 Å². The molecule has 2 N–H and O–H groups in total. The van der Waals surface area contributed by atoms with Gasteiger partial charge in [-0.15, -0.1) is 0 Å². The molecule has 3 nitrogen and oxygen atoms in total. The molecular weight excluding hydrogens is 156 g/mol. The van der Waals surface area contributed by atoms with Crippen molar-refractivity contribution >= 4 is 0 Å². The van der Waals surface area contributed by atoms with Crippen molar-refractivity contribution in [1.29, 1.82) is 0 Å². The van der Waals surface area contributed by atoms with Crippen LogP contribution in [0, 0.1) is 0 Å². The first-order chi connectivity index (χ1) is 5.41. The van der Waals surface area contributed by atoms with Crippen LogP contribution in [0.15, 0.2) is 0 Å². The summed E-state index contributed by atoms with van der Waals surface area (Å²) in [5.41, 5.74) is 0. The monoisotopic (exact) mass is 178 g/mol. The fourth-order valence-electron chi connectivity index (χ4n) is 0.391. The third-order valence-corrected chi connectivity index (χ3v) is 0.697. The quantitative estimate of drug-likeness (QED) is 0.507. The van der Waals surface area contributed by atoms with Crippen molar-refractivity contribution < 1.29 is 14.9 Å². The Morgan fingerprint density at radius 2 is 1.25 bits per heavy atom. The van der Waals surface area contributed by atoms with Gasteiger partial charge in [-0.2, -0.15) is 0 Å². The highest BCUT2D eigenvalue weighted by Crippen LogP contribution is 1.88.